The normalized spacial score (nSPS) is 13.4. The largest absolute Gasteiger partial charge is 0.505 e. The van der Waals surface area contributed by atoms with Gasteiger partial charge in [-0.05, 0) is 187 Å². The molecular weight excluding hydrogens is 1190 g/mol. The van der Waals surface area contributed by atoms with Gasteiger partial charge in [0.1, 0.15) is 11.5 Å². The Morgan fingerprint density at radius 3 is 0.918 bits per heavy atom. The standard InChI is InChI=1S/C89H106N2O6/c1-52-40-68(66-42-58(88(21,22)50-82(3,4)5)48-74(76(66)92)90-70-44-54(84(9,10)11)26-30-62(70)63-31-27-55(45-71(63)90)85(12,13)14)80(78-60(52)34-38-96-78)94-36-25-37-95-81-69(41-53(2)61-35-39-97-79(61)81)67-43-59(89(23,24)51-83(6,7)8)49-75(77(67)93)91-72-46-56(86(15,16)17)28-32-64(72)65-33-29-57(47-73(65)91)87(18,19)20/h26-35,38-49,92-93H,25,36-37,50-51H2,1-24H3. The molecule has 8 heteroatoms. The third kappa shape index (κ3) is 12.9. The molecule has 0 aliphatic heterocycles. The highest BCUT2D eigenvalue weighted by Crippen LogP contribution is 2.53. The monoisotopic (exact) mass is 1300 g/mol. The lowest BCUT2D eigenvalue weighted by atomic mass is 9.71. The first-order chi connectivity index (χ1) is 45.0. The van der Waals surface area contributed by atoms with Crippen LogP contribution in [0.1, 0.15) is 216 Å². The fraction of sp³-hybridized carbons (Fsp3) is 0.416. The Bertz CT molecular complexity index is 4600. The van der Waals surface area contributed by atoms with Crippen LogP contribution < -0.4 is 9.47 Å². The van der Waals surface area contributed by atoms with Crippen molar-refractivity contribution in [2.24, 2.45) is 10.8 Å². The molecule has 4 heterocycles. The number of aryl methyl sites for hydroxylation is 2. The summed E-state index contributed by atoms with van der Waals surface area (Å²) in [6.45, 7) is 55.0. The number of aromatic hydroxyl groups is 2. The molecule has 0 radical (unpaired) electrons. The van der Waals surface area contributed by atoms with Gasteiger partial charge in [0.15, 0.2) is 22.7 Å². The molecule has 0 aliphatic rings. The first kappa shape index (κ1) is 68.6. The van der Waals surface area contributed by atoms with Crippen molar-refractivity contribution in [1.29, 1.82) is 0 Å². The van der Waals surface area contributed by atoms with Crippen LogP contribution in [0.25, 0.3) is 99.2 Å². The summed E-state index contributed by atoms with van der Waals surface area (Å²) in [5, 5.41) is 33.4. The molecule has 2 N–H and O–H groups in total. The van der Waals surface area contributed by atoms with Gasteiger partial charge in [-0.1, -0.05) is 201 Å². The average molecular weight is 1300 g/mol. The summed E-state index contributed by atoms with van der Waals surface area (Å²) >= 11 is 0. The van der Waals surface area contributed by atoms with Gasteiger partial charge in [-0.3, -0.25) is 0 Å². The highest BCUT2D eigenvalue weighted by atomic mass is 16.5. The van der Waals surface area contributed by atoms with E-state index in [0.717, 1.165) is 101 Å². The van der Waals surface area contributed by atoms with Crippen molar-refractivity contribution in [3.8, 4) is 56.6 Å². The molecule has 0 atom stereocenters. The van der Waals surface area contributed by atoms with Crippen LogP contribution in [-0.4, -0.2) is 32.6 Å². The van der Waals surface area contributed by atoms with E-state index in [1.807, 2.05) is 12.1 Å². The number of ether oxygens (including phenoxy) is 2. The first-order valence-electron chi connectivity index (χ1n) is 35.2. The van der Waals surface area contributed by atoms with Crippen LogP contribution in [0.5, 0.6) is 23.0 Å². The number of fused-ring (bicyclic) bond motifs is 8. The minimum atomic E-state index is -0.322. The van der Waals surface area contributed by atoms with Crippen LogP contribution >= 0.6 is 0 Å². The second kappa shape index (κ2) is 23.7. The zero-order valence-electron chi connectivity index (χ0n) is 62.7. The zero-order valence-corrected chi connectivity index (χ0v) is 62.7. The number of hydrogen-bond acceptors (Lipinski definition) is 6. The molecule has 0 bridgehead atoms. The smallest absolute Gasteiger partial charge is 0.176 e. The summed E-state index contributed by atoms with van der Waals surface area (Å²) in [4.78, 5) is 0. The SMILES string of the molecule is Cc1cc(-c2cc(C(C)(C)CC(C)(C)C)cc(-n3c4cc(C(C)(C)C)ccc4c4ccc(C(C)(C)C)cc43)c2O)c(OCCCOc2c(-c3cc(C(C)(C)CC(C)(C)C)cc(-n4c5cc(C(C)(C)C)ccc5c5ccc(C(C)(C)C)cc54)c3O)cc(C)c3ccoc23)c2occc12. The topological polar surface area (TPSA) is 95.1 Å². The molecule has 0 saturated heterocycles. The molecule has 4 aromatic heterocycles. The lowest BCUT2D eigenvalue weighted by Gasteiger charge is -2.34. The van der Waals surface area contributed by atoms with Crippen molar-refractivity contribution in [2.45, 2.75) is 218 Å². The summed E-state index contributed by atoms with van der Waals surface area (Å²) in [5.74, 6) is 1.42. The Kier molecular flexibility index (Phi) is 16.7. The number of nitrogens with zero attached hydrogens (tertiary/aromatic N) is 2. The van der Waals surface area contributed by atoms with E-state index in [-0.39, 0.29) is 68.0 Å². The fourth-order valence-electron chi connectivity index (χ4n) is 15.7. The molecule has 8 nitrogen and oxygen atoms in total. The van der Waals surface area contributed by atoms with Crippen molar-refractivity contribution in [3.63, 3.8) is 0 Å². The van der Waals surface area contributed by atoms with Crippen molar-refractivity contribution < 1.29 is 28.5 Å². The van der Waals surface area contributed by atoms with E-state index in [1.54, 1.807) is 12.5 Å². The molecule has 8 aromatic carbocycles. The van der Waals surface area contributed by atoms with Crippen molar-refractivity contribution in [1.82, 2.24) is 9.13 Å². The summed E-state index contributed by atoms with van der Waals surface area (Å²) in [6.07, 6.45) is 5.71. The van der Waals surface area contributed by atoms with Crippen molar-refractivity contribution in [2.75, 3.05) is 13.2 Å². The zero-order chi connectivity index (χ0) is 70.4. The number of phenolic OH excluding ortho intramolecular Hbond substituents is 2. The van der Waals surface area contributed by atoms with Crippen LogP contribution in [-0.2, 0) is 32.5 Å². The molecule has 0 spiro atoms. The Morgan fingerprint density at radius 1 is 0.340 bits per heavy atom. The maximum Gasteiger partial charge on any atom is 0.176 e. The lowest BCUT2D eigenvalue weighted by molar-refractivity contribution is 0.248. The Balaban J connectivity index is 0.985. The van der Waals surface area contributed by atoms with Crippen LogP contribution in [0.3, 0.4) is 0 Å². The highest BCUT2D eigenvalue weighted by molar-refractivity contribution is 6.12. The van der Waals surface area contributed by atoms with E-state index in [2.05, 4.69) is 284 Å². The number of furan rings is 2. The summed E-state index contributed by atoms with van der Waals surface area (Å²) in [7, 11) is 0. The second-order valence-electron chi connectivity index (χ2n) is 36.1. The van der Waals surface area contributed by atoms with E-state index < -0.39 is 0 Å². The summed E-state index contributed by atoms with van der Waals surface area (Å²) < 4.78 is 31.8. The highest BCUT2D eigenvalue weighted by Gasteiger charge is 2.35. The van der Waals surface area contributed by atoms with Gasteiger partial charge in [0.2, 0.25) is 0 Å². The van der Waals surface area contributed by atoms with E-state index in [1.165, 1.54) is 22.3 Å². The summed E-state index contributed by atoms with van der Waals surface area (Å²) in [5.41, 5.74) is 17.6. The molecule has 0 fully saturated rings. The number of aromatic nitrogens is 2. The molecule has 0 aliphatic carbocycles. The Labute approximate surface area is 577 Å². The minimum Gasteiger partial charge on any atom is -0.505 e. The quantitative estimate of drug-likeness (QED) is 0.105. The van der Waals surface area contributed by atoms with E-state index in [9.17, 15) is 10.2 Å². The van der Waals surface area contributed by atoms with Gasteiger partial charge in [0, 0.05) is 61.0 Å². The minimum absolute atomic E-state index is 0.00280. The molecule has 97 heavy (non-hydrogen) atoms. The van der Waals surface area contributed by atoms with Crippen LogP contribution in [0, 0.1) is 24.7 Å². The maximum absolute atomic E-state index is 13.5. The number of hydrogen-bond donors (Lipinski definition) is 2. The van der Waals surface area contributed by atoms with Gasteiger partial charge in [0.25, 0.3) is 0 Å². The van der Waals surface area contributed by atoms with Gasteiger partial charge in [-0.15, -0.1) is 0 Å². The third-order valence-corrected chi connectivity index (χ3v) is 20.3. The molecule has 508 valence electrons. The third-order valence-electron chi connectivity index (χ3n) is 20.3. The van der Waals surface area contributed by atoms with Crippen molar-refractivity contribution in [3.05, 3.63) is 178 Å². The van der Waals surface area contributed by atoms with E-state index in [0.29, 0.717) is 51.6 Å². The molecule has 0 saturated carbocycles. The van der Waals surface area contributed by atoms with Gasteiger partial charge in [-0.25, -0.2) is 0 Å². The fourth-order valence-corrected chi connectivity index (χ4v) is 15.7. The van der Waals surface area contributed by atoms with Crippen molar-refractivity contribution >= 4 is 65.6 Å². The van der Waals surface area contributed by atoms with Gasteiger partial charge in [0.05, 0.1) is 59.2 Å². The van der Waals surface area contributed by atoms with Gasteiger partial charge in [-0.2, -0.15) is 0 Å². The molecule has 0 amide bonds. The number of phenols is 2. The summed E-state index contributed by atoms with van der Waals surface area (Å²) in [6, 6.07) is 44.6. The predicted molar refractivity (Wildman–Crippen MR) is 409 cm³/mol. The molecule has 0 unspecified atom stereocenters. The first-order valence-corrected chi connectivity index (χ1v) is 35.2. The van der Waals surface area contributed by atoms with Crippen LogP contribution in [0.2, 0.25) is 0 Å². The molecule has 12 rings (SSSR count). The molecular formula is C89H106N2O6. The van der Waals surface area contributed by atoms with E-state index >= 15 is 0 Å². The van der Waals surface area contributed by atoms with Gasteiger partial charge >= 0.3 is 0 Å². The maximum atomic E-state index is 13.5. The van der Waals surface area contributed by atoms with Crippen LogP contribution in [0.15, 0.2) is 143 Å². The van der Waals surface area contributed by atoms with Gasteiger partial charge < -0.3 is 37.7 Å². The van der Waals surface area contributed by atoms with Crippen LogP contribution in [0.4, 0.5) is 0 Å². The number of rotatable bonds is 14. The number of benzene rings is 8. The predicted octanol–water partition coefficient (Wildman–Crippen LogP) is 25.2. The lowest BCUT2D eigenvalue weighted by Crippen LogP contribution is -2.25. The second-order valence-corrected chi connectivity index (χ2v) is 36.1. The van der Waals surface area contributed by atoms with E-state index in [4.69, 9.17) is 18.3 Å². The Morgan fingerprint density at radius 2 is 0.639 bits per heavy atom. The Hall–Kier alpha value is -8.36. The molecule has 12 aromatic rings. The average Bonchev–Trinajstić information content (AvgIpc) is 1.61.